The molecule has 1 rings (SSSR count). The predicted octanol–water partition coefficient (Wildman–Crippen LogP) is 3.06. The molecule has 1 aromatic rings. The summed E-state index contributed by atoms with van der Waals surface area (Å²) in [5.74, 6) is -1.34. The zero-order valence-corrected chi connectivity index (χ0v) is 11.8. The van der Waals surface area contributed by atoms with Crippen LogP contribution in [0, 0.1) is 6.92 Å². The Kier molecular flexibility index (Phi) is 5.78. The molecule has 0 aliphatic carbocycles. The second-order valence-corrected chi connectivity index (χ2v) is 5.32. The maximum absolute atomic E-state index is 11.5. The first-order valence-corrected chi connectivity index (χ1v) is 6.86. The minimum absolute atomic E-state index is 0.0497. The number of carboxylic acid groups (broad SMARTS) is 1. The lowest BCUT2D eigenvalue weighted by Gasteiger charge is -2.08. The number of thioether (sulfide) groups is 1. The Morgan fingerprint density at radius 3 is 2.56 bits per heavy atom. The number of benzene rings is 1. The van der Waals surface area contributed by atoms with Crippen LogP contribution in [0.15, 0.2) is 12.1 Å². The highest BCUT2D eigenvalue weighted by molar-refractivity contribution is 8.00. The van der Waals surface area contributed by atoms with Crippen molar-refractivity contribution in [3.63, 3.8) is 0 Å². The zero-order chi connectivity index (χ0) is 13.7. The number of anilines is 1. The van der Waals surface area contributed by atoms with Gasteiger partial charge in [0.2, 0.25) is 5.91 Å². The lowest BCUT2D eigenvalue weighted by atomic mass is 10.2. The van der Waals surface area contributed by atoms with Gasteiger partial charge in [-0.2, -0.15) is 0 Å². The Bertz CT molecular complexity index is 480. The number of carbonyl (C=O) groups excluding carboxylic acids is 1. The number of hydrogen-bond acceptors (Lipinski definition) is 3. The Hall–Kier alpha value is -0.910. The van der Waals surface area contributed by atoms with Crippen molar-refractivity contribution in [2.24, 2.45) is 0 Å². The van der Waals surface area contributed by atoms with Gasteiger partial charge < -0.3 is 10.4 Å². The molecule has 0 aliphatic heterocycles. The molecule has 98 valence electrons. The fourth-order valence-electron chi connectivity index (χ4n) is 1.16. The molecule has 1 aromatic carbocycles. The van der Waals surface area contributed by atoms with Gasteiger partial charge in [-0.05, 0) is 24.6 Å². The first kappa shape index (κ1) is 15.1. The summed E-state index contributed by atoms with van der Waals surface area (Å²) < 4.78 is 0. The molecule has 0 aliphatic rings. The molecule has 7 heteroatoms. The van der Waals surface area contributed by atoms with Gasteiger partial charge in [0.05, 0.1) is 22.2 Å². The van der Waals surface area contributed by atoms with Crippen molar-refractivity contribution in [2.75, 3.05) is 16.8 Å². The van der Waals surface area contributed by atoms with Crippen molar-refractivity contribution in [1.29, 1.82) is 0 Å². The van der Waals surface area contributed by atoms with Crippen LogP contribution in [0.2, 0.25) is 10.0 Å². The van der Waals surface area contributed by atoms with Crippen molar-refractivity contribution in [3.05, 3.63) is 27.7 Å². The summed E-state index contributed by atoms with van der Waals surface area (Å²) in [6.45, 7) is 1.81. The van der Waals surface area contributed by atoms with E-state index in [1.165, 1.54) is 0 Å². The van der Waals surface area contributed by atoms with Crippen LogP contribution in [0.3, 0.4) is 0 Å². The smallest absolute Gasteiger partial charge is 0.313 e. The molecule has 0 bridgehead atoms. The molecule has 4 nitrogen and oxygen atoms in total. The monoisotopic (exact) mass is 307 g/mol. The average Bonchev–Trinajstić information content (AvgIpc) is 2.25. The van der Waals surface area contributed by atoms with Crippen molar-refractivity contribution in [3.8, 4) is 0 Å². The highest BCUT2D eigenvalue weighted by atomic mass is 35.5. The molecule has 0 atom stereocenters. The standard InChI is InChI=1S/C11H11Cl2NO3S/c1-6-2-8(13)9(3-7(6)12)14-10(15)4-18-5-11(16)17/h2-3H,4-5H2,1H3,(H,14,15)(H,16,17). The van der Waals surface area contributed by atoms with Gasteiger partial charge in [-0.3, -0.25) is 9.59 Å². The molecule has 0 radical (unpaired) electrons. The SMILES string of the molecule is Cc1cc(Cl)c(NC(=O)CSCC(=O)O)cc1Cl. The highest BCUT2D eigenvalue weighted by Gasteiger charge is 2.09. The Balaban J connectivity index is 2.59. The fraction of sp³-hybridized carbons (Fsp3) is 0.273. The van der Waals surface area contributed by atoms with E-state index in [1.807, 2.05) is 6.92 Å². The van der Waals surface area contributed by atoms with Gasteiger partial charge in [-0.15, -0.1) is 11.8 Å². The van der Waals surface area contributed by atoms with Gasteiger partial charge in [-0.1, -0.05) is 23.2 Å². The number of aliphatic carboxylic acids is 1. The average molecular weight is 308 g/mol. The third-order valence-corrected chi connectivity index (χ3v) is 3.62. The first-order chi connectivity index (χ1) is 8.40. The summed E-state index contributed by atoms with van der Waals surface area (Å²) in [5, 5.41) is 11.9. The summed E-state index contributed by atoms with van der Waals surface area (Å²) >= 11 is 12.9. The number of aryl methyl sites for hydroxylation is 1. The number of carbonyl (C=O) groups is 2. The van der Waals surface area contributed by atoms with E-state index in [1.54, 1.807) is 12.1 Å². The van der Waals surface area contributed by atoms with Crippen LogP contribution in [0.5, 0.6) is 0 Å². The number of nitrogens with one attached hydrogen (secondary N) is 1. The van der Waals surface area contributed by atoms with Crippen LogP contribution in [0.25, 0.3) is 0 Å². The van der Waals surface area contributed by atoms with Crippen molar-refractivity contribution >= 4 is 52.5 Å². The third-order valence-electron chi connectivity index (χ3n) is 1.98. The maximum atomic E-state index is 11.5. The minimum atomic E-state index is -0.954. The van der Waals surface area contributed by atoms with E-state index in [9.17, 15) is 9.59 Å². The summed E-state index contributed by atoms with van der Waals surface area (Å²) in [6, 6.07) is 3.23. The first-order valence-electron chi connectivity index (χ1n) is 4.95. The minimum Gasteiger partial charge on any atom is -0.481 e. The Morgan fingerprint density at radius 2 is 1.94 bits per heavy atom. The predicted molar refractivity (Wildman–Crippen MR) is 74.8 cm³/mol. The van der Waals surface area contributed by atoms with E-state index >= 15 is 0 Å². The fourth-order valence-corrected chi connectivity index (χ4v) is 2.12. The molecular weight excluding hydrogens is 297 g/mol. The van der Waals surface area contributed by atoms with Crippen LogP contribution < -0.4 is 5.32 Å². The van der Waals surface area contributed by atoms with E-state index in [4.69, 9.17) is 28.3 Å². The Labute approximate surface area is 119 Å². The molecule has 0 saturated heterocycles. The largest absolute Gasteiger partial charge is 0.481 e. The summed E-state index contributed by atoms with van der Waals surface area (Å²) in [4.78, 5) is 21.8. The normalized spacial score (nSPS) is 10.2. The van der Waals surface area contributed by atoms with Crippen LogP contribution in [-0.4, -0.2) is 28.5 Å². The van der Waals surface area contributed by atoms with E-state index in [0.717, 1.165) is 17.3 Å². The molecule has 0 unspecified atom stereocenters. The summed E-state index contributed by atoms with van der Waals surface area (Å²) in [5.41, 5.74) is 1.24. The van der Waals surface area contributed by atoms with Gasteiger partial charge in [0.1, 0.15) is 0 Å². The van der Waals surface area contributed by atoms with Crippen molar-refractivity contribution in [1.82, 2.24) is 0 Å². The van der Waals surface area contributed by atoms with E-state index in [2.05, 4.69) is 5.32 Å². The molecule has 2 N–H and O–H groups in total. The molecule has 0 spiro atoms. The molecule has 0 saturated carbocycles. The maximum Gasteiger partial charge on any atom is 0.313 e. The highest BCUT2D eigenvalue weighted by Crippen LogP contribution is 2.28. The van der Waals surface area contributed by atoms with Crippen molar-refractivity contribution < 1.29 is 14.7 Å². The van der Waals surface area contributed by atoms with Gasteiger partial charge in [0.15, 0.2) is 0 Å². The number of hydrogen-bond donors (Lipinski definition) is 2. The zero-order valence-electron chi connectivity index (χ0n) is 9.50. The van der Waals surface area contributed by atoms with E-state index in [0.29, 0.717) is 15.7 Å². The molecule has 0 heterocycles. The number of amides is 1. The number of halogens is 2. The number of rotatable bonds is 5. The van der Waals surface area contributed by atoms with E-state index < -0.39 is 5.97 Å². The Morgan fingerprint density at radius 1 is 1.28 bits per heavy atom. The molecular formula is C11H11Cl2NO3S. The van der Waals surface area contributed by atoms with Gasteiger partial charge >= 0.3 is 5.97 Å². The van der Waals surface area contributed by atoms with Crippen LogP contribution >= 0.6 is 35.0 Å². The van der Waals surface area contributed by atoms with Gasteiger partial charge in [-0.25, -0.2) is 0 Å². The molecule has 18 heavy (non-hydrogen) atoms. The molecule has 0 fully saturated rings. The summed E-state index contributed by atoms with van der Waals surface area (Å²) in [7, 11) is 0. The van der Waals surface area contributed by atoms with Crippen LogP contribution in [0.1, 0.15) is 5.56 Å². The second-order valence-electron chi connectivity index (χ2n) is 3.52. The molecule has 0 aromatic heterocycles. The second kappa shape index (κ2) is 6.87. The summed E-state index contributed by atoms with van der Waals surface area (Å²) in [6.07, 6.45) is 0. The lowest BCUT2D eigenvalue weighted by Crippen LogP contribution is -2.15. The van der Waals surface area contributed by atoms with E-state index in [-0.39, 0.29) is 17.4 Å². The van der Waals surface area contributed by atoms with Crippen molar-refractivity contribution in [2.45, 2.75) is 6.92 Å². The lowest BCUT2D eigenvalue weighted by molar-refractivity contribution is -0.133. The molecule has 1 amide bonds. The quantitative estimate of drug-likeness (QED) is 0.877. The third kappa shape index (κ3) is 4.76. The van der Waals surface area contributed by atoms with Gasteiger partial charge in [0.25, 0.3) is 0 Å². The van der Waals surface area contributed by atoms with Crippen LogP contribution in [0.4, 0.5) is 5.69 Å². The van der Waals surface area contributed by atoms with Crippen LogP contribution in [-0.2, 0) is 9.59 Å². The number of carboxylic acids is 1. The topological polar surface area (TPSA) is 66.4 Å². The van der Waals surface area contributed by atoms with Gasteiger partial charge in [0, 0.05) is 5.02 Å².